The molecule has 3 heteroatoms. The van der Waals surface area contributed by atoms with Crippen molar-refractivity contribution in [2.75, 3.05) is 7.11 Å². The average Bonchev–Trinajstić information content (AvgIpc) is 2.43. The summed E-state index contributed by atoms with van der Waals surface area (Å²) in [5.41, 5.74) is 10.8. The number of aryl methyl sites for hydroxylation is 3. The molecule has 2 aromatic rings. The van der Waals surface area contributed by atoms with Gasteiger partial charge in [-0.15, -0.1) is 0 Å². The van der Waals surface area contributed by atoms with Gasteiger partial charge in [-0.2, -0.15) is 0 Å². The molecule has 106 valence electrons. The van der Waals surface area contributed by atoms with Gasteiger partial charge in [-0.05, 0) is 60.7 Å². The van der Waals surface area contributed by atoms with Crippen molar-refractivity contribution in [2.24, 2.45) is 5.73 Å². The van der Waals surface area contributed by atoms with Crippen LogP contribution in [0.1, 0.15) is 33.9 Å². The fourth-order valence-electron chi connectivity index (χ4n) is 2.35. The number of benzene rings is 2. The molecular weight excluding hydrogens is 253 g/mol. The van der Waals surface area contributed by atoms with Crippen molar-refractivity contribution >= 4 is 0 Å². The lowest BCUT2D eigenvalue weighted by atomic mass is 9.93. The van der Waals surface area contributed by atoms with Crippen molar-refractivity contribution < 1.29 is 9.13 Å². The smallest absolute Gasteiger partial charge is 0.126 e. The van der Waals surface area contributed by atoms with E-state index in [1.165, 1.54) is 6.07 Å². The molecular formula is C17H20FNO. The summed E-state index contributed by atoms with van der Waals surface area (Å²) >= 11 is 0. The summed E-state index contributed by atoms with van der Waals surface area (Å²) in [6.07, 6.45) is 0. The van der Waals surface area contributed by atoms with Crippen molar-refractivity contribution in [1.82, 2.24) is 0 Å². The molecule has 2 N–H and O–H groups in total. The Hall–Kier alpha value is -1.87. The number of ether oxygens (including phenoxy) is 1. The molecule has 0 aromatic heterocycles. The molecule has 2 rings (SSSR count). The third-order valence-corrected chi connectivity index (χ3v) is 3.67. The Kier molecular flexibility index (Phi) is 4.09. The molecule has 0 saturated heterocycles. The molecule has 2 aromatic carbocycles. The Morgan fingerprint density at radius 3 is 2.30 bits per heavy atom. The van der Waals surface area contributed by atoms with Crippen LogP contribution >= 0.6 is 0 Å². The van der Waals surface area contributed by atoms with Gasteiger partial charge in [0.25, 0.3) is 0 Å². The summed E-state index contributed by atoms with van der Waals surface area (Å²) in [4.78, 5) is 0. The van der Waals surface area contributed by atoms with Crippen LogP contribution in [0.3, 0.4) is 0 Å². The molecule has 20 heavy (non-hydrogen) atoms. The number of methoxy groups -OCH3 is 1. The Balaban J connectivity index is 2.45. The molecule has 1 atom stereocenters. The monoisotopic (exact) mass is 273 g/mol. The van der Waals surface area contributed by atoms with E-state index in [2.05, 4.69) is 0 Å². The maximum Gasteiger partial charge on any atom is 0.126 e. The van der Waals surface area contributed by atoms with Gasteiger partial charge >= 0.3 is 0 Å². The van der Waals surface area contributed by atoms with E-state index in [-0.39, 0.29) is 11.9 Å². The van der Waals surface area contributed by atoms with Gasteiger partial charge in [-0.1, -0.05) is 18.2 Å². The highest BCUT2D eigenvalue weighted by molar-refractivity contribution is 5.45. The largest absolute Gasteiger partial charge is 0.496 e. The molecule has 0 spiro atoms. The predicted molar refractivity (Wildman–Crippen MR) is 79.6 cm³/mol. The first-order valence-corrected chi connectivity index (χ1v) is 6.60. The van der Waals surface area contributed by atoms with E-state index >= 15 is 0 Å². The first-order valence-electron chi connectivity index (χ1n) is 6.60. The van der Waals surface area contributed by atoms with Crippen LogP contribution in [-0.4, -0.2) is 7.11 Å². The number of hydrogen-bond donors (Lipinski definition) is 1. The highest BCUT2D eigenvalue weighted by atomic mass is 19.1. The van der Waals surface area contributed by atoms with Gasteiger partial charge in [0, 0.05) is 0 Å². The van der Waals surface area contributed by atoms with Crippen LogP contribution in [0.15, 0.2) is 30.3 Å². The van der Waals surface area contributed by atoms with Crippen LogP contribution in [0.25, 0.3) is 0 Å². The van der Waals surface area contributed by atoms with E-state index in [9.17, 15) is 4.39 Å². The van der Waals surface area contributed by atoms with E-state index in [4.69, 9.17) is 10.5 Å². The summed E-state index contributed by atoms with van der Waals surface area (Å²) in [6, 6.07) is 8.79. The first kappa shape index (κ1) is 14.5. The second-order valence-corrected chi connectivity index (χ2v) is 5.16. The molecule has 0 saturated carbocycles. The van der Waals surface area contributed by atoms with Crippen LogP contribution in [0.2, 0.25) is 0 Å². The minimum absolute atomic E-state index is 0.221. The summed E-state index contributed by atoms with van der Waals surface area (Å²) < 4.78 is 19.0. The summed E-state index contributed by atoms with van der Waals surface area (Å²) in [5.74, 6) is 0.620. The van der Waals surface area contributed by atoms with E-state index < -0.39 is 0 Å². The minimum atomic E-state index is -0.338. The fourth-order valence-corrected chi connectivity index (χ4v) is 2.35. The highest BCUT2D eigenvalue weighted by Crippen LogP contribution is 2.29. The van der Waals surface area contributed by atoms with Gasteiger partial charge < -0.3 is 10.5 Å². The Morgan fingerprint density at radius 2 is 1.70 bits per heavy atom. The second kappa shape index (κ2) is 5.63. The topological polar surface area (TPSA) is 35.2 Å². The maximum atomic E-state index is 13.7. The molecule has 0 aliphatic carbocycles. The third-order valence-electron chi connectivity index (χ3n) is 3.67. The number of nitrogens with two attached hydrogens (primary N) is 1. The van der Waals surface area contributed by atoms with E-state index in [1.807, 2.05) is 32.0 Å². The lowest BCUT2D eigenvalue weighted by Crippen LogP contribution is -2.14. The molecule has 0 aliphatic heterocycles. The average molecular weight is 273 g/mol. The van der Waals surface area contributed by atoms with Gasteiger partial charge in [0.2, 0.25) is 0 Å². The number of halogens is 1. The Labute approximate surface area is 119 Å². The number of rotatable bonds is 3. The normalized spacial score (nSPS) is 12.3. The summed E-state index contributed by atoms with van der Waals surface area (Å²) in [7, 11) is 1.65. The van der Waals surface area contributed by atoms with E-state index in [0.717, 1.165) is 28.0 Å². The standard InChI is InChI=1S/C17H20FNO/c1-10-5-6-13(9-15(10)18)17(19)14-7-12(3)16(20-4)8-11(14)2/h5-9,17H,19H2,1-4H3. The molecule has 0 heterocycles. The van der Waals surface area contributed by atoms with Crippen LogP contribution in [0.5, 0.6) is 5.75 Å². The molecule has 2 nitrogen and oxygen atoms in total. The molecule has 0 amide bonds. The maximum absolute atomic E-state index is 13.7. The van der Waals surface area contributed by atoms with Crippen molar-refractivity contribution in [3.63, 3.8) is 0 Å². The van der Waals surface area contributed by atoms with Crippen LogP contribution in [0.4, 0.5) is 4.39 Å². The van der Waals surface area contributed by atoms with E-state index in [0.29, 0.717) is 5.56 Å². The first-order chi connectivity index (χ1) is 9.43. The Bertz CT molecular complexity index is 637. The van der Waals surface area contributed by atoms with Crippen LogP contribution in [0, 0.1) is 26.6 Å². The minimum Gasteiger partial charge on any atom is -0.496 e. The van der Waals surface area contributed by atoms with Crippen molar-refractivity contribution in [3.8, 4) is 5.75 Å². The van der Waals surface area contributed by atoms with Crippen LogP contribution < -0.4 is 10.5 Å². The number of hydrogen-bond acceptors (Lipinski definition) is 2. The van der Waals surface area contributed by atoms with Crippen molar-refractivity contribution in [2.45, 2.75) is 26.8 Å². The third kappa shape index (κ3) is 2.68. The van der Waals surface area contributed by atoms with Gasteiger partial charge in [-0.25, -0.2) is 4.39 Å². The fraction of sp³-hybridized carbons (Fsp3) is 0.294. The quantitative estimate of drug-likeness (QED) is 0.923. The van der Waals surface area contributed by atoms with Crippen molar-refractivity contribution in [3.05, 3.63) is 64.0 Å². The highest BCUT2D eigenvalue weighted by Gasteiger charge is 2.15. The molecule has 0 bridgehead atoms. The summed E-state index contributed by atoms with van der Waals surface area (Å²) in [5, 5.41) is 0. The van der Waals surface area contributed by atoms with Gasteiger partial charge in [0.05, 0.1) is 13.2 Å². The van der Waals surface area contributed by atoms with Crippen molar-refractivity contribution in [1.29, 1.82) is 0 Å². The zero-order valence-corrected chi connectivity index (χ0v) is 12.3. The molecule has 0 aliphatic rings. The molecule has 0 radical (unpaired) electrons. The molecule has 1 unspecified atom stereocenters. The van der Waals surface area contributed by atoms with E-state index in [1.54, 1.807) is 20.1 Å². The van der Waals surface area contributed by atoms with Gasteiger partial charge in [-0.3, -0.25) is 0 Å². The SMILES string of the molecule is COc1cc(C)c(C(N)c2ccc(C)c(F)c2)cc1C. The second-order valence-electron chi connectivity index (χ2n) is 5.16. The zero-order chi connectivity index (χ0) is 14.9. The van der Waals surface area contributed by atoms with Gasteiger partial charge in [0.15, 0.2) is 0 Å². The predicted octanol–water partition coefficient (Wildman–Crippen LogP) is 3.81. The lowest BCUT2D eigenvalue weighted by Gasteiger charge is -2.18. The van der Waals surface area contributed by atoms with Crippen LogP contribution in [-0.2, 0) is 0 Å². The zero-order valence-electron chi connectivity index (χ0n) is 12.3. The lowest BCUT2D eigenvalue weighted by molar-refractivity contribution is 0.411. The Morgan fingerprint density at radius 1 is 1.00 bits per heavy atom. The van der Waals surface area contributed by atoms with Gasteiger partial charge in [0.1, 0.15) is 11.6 Å². The molecule has 0 fully saturated rings. The summed E-state index contributed by atoms with van der Waals surface area (Å²) in [6.45, 7) is 5.71.